The van der Waals surface area contributed by atoms with Gasteiger partial charge in [0.15, 0.2) is 17.6 Å². The Balaban J connectivity index is 1.72. The van der Waals surface area contributed by atoms with Crippen LogP contribution in [0.25, 0.3) is 12.2 Å². The normalized spacial score (nSPS) is 11.9. The summed E-state index contributed by atoms with van der Waals surface area (Å²) in [4.78, 5) is 16.6. The predicted molar refractivity (Wildman–Crippen MR) is 123 cm³/mol. The molecule has 0 amide bonds. The molecule has 1 atom stereocenters. The molecule has 1 heterocycles. The van der Waals surface area contributed by atoms with Crippen LogP contribution < -0.4 is 14.2 Å². The van der Waals surface area contributed by atoms with Crippen molar-refractivity contribution >= 4 is 41.3 Å². The summed E-state index contributed by atoms with van der Waals surface area (Å²) in [5.74, 6) is 0.541. The number of nitrogens with zero attached hydrogens (tertiary/aromatic N) is 1. The van der Waals surface area contributed by atoms with Crippen LogP contribution in [0, 0.1) is 0 Å². The second-order valence-corrected chi connectivity index (χ2v) is 7.35. The highest BCUT2D eigenvalue weighted by atomic mass is 35.5. The third-order valence-electron chi connectivity index (χ3n) is 4.18. The van der Waals surface area contributed by atoms with Crippen LogP contribution in [0.5, 0.6) is 17.2 Å². The van der Waals surface area contributed by atoms with Crippen LogP contribution in [-0.4, -0.2) is 23.7 Å². The minimum atomic E-state index is -0.889. The van der Waals surface area contributed by atoms with Crippen molar-refractivity contribution in [3.63, 3.8) is 0 Å². The smallest absolute Gasteiger partial charge is 0.352 e. The first-order chi connectivity index (χ1) is 15.0. The maximum atomic E-state index is 12.6. The minimum Gasteiger partial charge on any atom is -0.490 e. The second kappa shape index (κ2) is 10.8. The molecule has 31 heavy (non-hydrogen) atoms. The van der Waals surface area contributed by atoms with E-state index in [0.717, 1.165) is 11.1 Å². The highest BCUT2D eigenvalue weighted by molar-refractivity contribution is 6.35. The van der Waals surface area contributed by atoms with E-state index in [2.05, 4.69) is 4.98 Å². The van der Waals surface area contributed by atoms with Gasteiger partial charge in [-0.15, -0.1) is 0 Å². The van der Waals surface area contributed by atoms with Crippen LogP contribution >= 0.6 is 23.2 Å². The lowest BCUT2D eigenvalue weighted by molar-refractivity contribution is -0.141. The molecule has 0 bridgehead atoms. The average molecular weight is 458 g/mol. The van der Waals surface area contributed by atoms with E-state index in [0.29, 0.717) is 33.9 Å². The molecular formula is C24H21Cl2NO4. The number of carbonyl (C=O) groups is 1. The SMILES string of the molecule is CCOc1cc(/C=C/c2ccncc2)ccc1OC(=O)C(C)Oc1ccc(Cl)cc1Cl. The van der Waals surface area contributed by atoms with Gasteiger partial charge in [-0.25, -0.2) is 4.79 Å². The van der Waals surface area contributed by atoms with Gasteiger partial charge in [-0.05, 0) is 67.4 Å². The van der Waals surface area contributed by atoms with Crippen LogP contribution in [0.3, 0.4) is 0 Å². The molecule has 1 unspecified atom stereocenters. The summed E-state index contributed by atoms with van der Waals surface area (Å²) < 4.78 is 16.8. The van der Waals surface area contributed by atoms with Gasteiger partial charge in [0.25, 0.3) is 0 Å². The molecule has 0 fully saturated rings. The van der Waals surface area contributed by atoms with E-state index in [1.54, 1.807) is 43.6 Å². The van der Waals surface area contributed by atoms with E-state index in [1.165, 1.54) is 0 Å². The highest BCUT2D eigenvalue weighted by Crippen LogP contribution is 2.31. The number of pyridine rings is 1. The number of carbonyl (C=O) groups excluding carboxylic acids is 1. The summed E-state index contributed by atoms with van der Waals surface area (Å²) >= 11 is 12.0. The Morgan fingerprint density at radius 3 is 2.39 bits per heavy atom. The second-order valence-electron chi connectivity index (χ2n) is 6.51. The van der Waals surface area contributed by atoms with Gasteiger partial charge in [0.05, 0.1) is 11.6 Å². The lowest BCUT2D eigenvalue weighted by Crippen LogP contribution is -2.28. The van der Waals surface area contributed by atoms with E-state index >= 15 is 0 Å². The topological polar surface area (TPSA) is 57.7 Å². The number of halogens is 2. The zero-order valence-corrected chi connectivity index (χ0v) is 18.6. The summed E-state index contributed by atoms with van der Waals surface area (Å²) in [7, 11) is 0. The predicted octanol–water partition coefficient (Wildman–Crippen LogP) is 6.33. The molecule has 3 aromatic rings. The Labute approximate surface area is 191 Å². The Morgan fingerprint density at radius 1 is 0.968 bits per heavy atom. The van der Waals surface area contributed by atoms with E-state index in [1.807, 2.05) is 43.3 Å². The third kappa shape index (κ3) is 6.48. The zero-order chi connectivity index (χ0) is 22.2. The molecule has 0 spiro atoms. The molecule has 2 aromatic carbocycles. The van der Waals surface area contributed by atoms with Crippen molar-refractivity contribution < 1.29 is 19.0 Å². The van der Waals surface area contributed by atoms with Gasteiger partial charge in [0.1, 0.15) is 5.75 Å². The minimum absolute atomic E-state index is 0.311. The zero-order valence-electron chi connectivity index (χ0n) is 17.0. The molecule has 160 valence electrons. The molecule has 0 aliphatic carbocycles. The van der Waals surface area contributed by atoms with Gasteiger partial charge in [0, 0.05) is 17.4 Å². The van der Waals surface area contributed by atoms with Crippen LogP contribution in [0.1, 0.15) is 25.0 Å². The van der Waals surface area contributed by atoms with Crippen LogP contribution in [0.4, 0.5) is 0 Å². The van der Waals surface area contributed by atoms with Crippen LogP contribution in [-0.2, 0) is 4.79 Å². The van der Waals surface area contributed by atoms with Crippen molar-refractivity contribution in [2.45, 2.75) is 20.0 Å². The Bertz CT molecular complexity index is 1070. The Hall–Kier alpha value is -3.02. The number of benzene rings is 2. The lowest BCUT2D eigenvalue weighted by Gasteiger charge is -2.16. The van der Waals surface area contributed by atoms with E-state index in [4.69, 9.17) is 37.4 Å². The largest absolute Gasteiger partial charge is 0.490 e. The van der Waals surface area contributed by atoms with Gasteiger partial charge in [-0.1, -0.05) is 41.4 Å². The fraction of sp³-hybridized carbons (Fsp3) is 0.167. The molecule has 0 N–H and O–H groups in total. The summed E-state index contributed by atoms with van der Waals surface area (Å²) in [6.07, 6.45) is 6.48. The average Bonchev–Trinajstić information content (AvgIpc) is 2.76. The van der Waals surface area contributed by atoms with Crippen molar-refractivity contribution in [1.82, 2.24) is 4.98 Å². The van der Waals surface area contributed by atoms with Crippen molar-refractivity contribution in [2.75, 3.05) is 6.61 Å². The van der Waals surface area contributed by atoms with Gasteiger partial charge in [-0.2, -0.15) is 0 Å². The van der Waals surface area contributed by atoms with Crippen LogP contribution in [0.2, 0.25) is 10.0 Å². The van der Waals surface area contributed by atoms with Crippen molar-refractivity contribution in [1.29, 1.82) is 0 Å². The van der Waals surface area contributed by atoms with Crippen molar-refractivity contribution in [2.24, 2.45) is 0 Å². The molecule has 0 saturated carbocycles. The maximum absolute atomic E-state index is 12.6. The van der Waals surface area contributed by atoms with E-state index < -0.39 is 12.1 Å². The summed E-state index contributed by atoms with van der Waals surface area (Å²) in [6.45, 7) is 3.87. The Kier molecular flexibility index (Phi) is 7.93. The van der Waals surface area contributed by atoms with Crippen LogP contribution in [0.15, 0.2) is 60.9 Å². The Morgan fingerprint density at radius 2 is 1.68 bits per heavy atom. The number of hydrogen-bond donors (Lipinski definition) is 0. The first kappa shape index (κ1) is 22.7. The van der Waals surface area contributed by atoms with Gasteiger partial charge in [-0.3, -0.25) is 4.98 Å². The summed E-state index contributed by atoms with van der Waals surface area (Å²) in [6, 6.07) is 13.9. The lowest BCUT2D eigenvalue weighted by atomic mass is 10.1. The molecule has 3 rings (SSSR count). The third-order valence-corrected chi connectivity index (χ3v) is 4.71. The van der Waals surface area contributed by atoms with E-state index in [-0.39, 0.29) is 0 Å². The molecule has 0 radical (unpaired) electrons. The first-order valence-electron chi connectivity index (χ1n) is 9.64. The number of esters is 1. The quantitative estimate of drug-likeness (QED) is 0.292. The maximum Gasteiger partial charge on any atom is 0.352 e. The molecule has 0 saturated heterocycles. The highest BCUT2D eigenvalue weighted by Gasteiger charge is 2.20. The molecule has 1 aromatic heterocycles. The standard InChI is InChI=1S/C24H21Cl2NO4/c1-3-29-23-14-18(5-4-17-10-12-27-13-11-17)6-8-22(23)31-24(28)16(2)30-21-9-7-19(25)15-20(21)26/h4-16H,3H2,1-2H3/b5-4+. The molecule has 5 nitrogen and oxygen atoms in total. The number of hydrogen-bond acceptors (Lipinski definition) is 5. The fourth-order valence-corrected chi connectivity index (χ4v) is 3.10. The monoisotopic (exact) mass is 457 g/mol. The molecule has 0 aliphatic rings. The molecule has 7 heteroatoms. The van der Waals surface area contributed by atoms with Crippen molar-refractivity contribution in [3.05, 3.63) is 82.1 Å². The number of rotatable bonds is 8. The molecular weight excluding hydrogens is 437 g/mol. The van der Waals surface area contributed by atoms with E-state index in [9.17, 15) is 4.79 Å². The first-order valence-corrected chi connectivity index (χ1v) is 10.4. The fourth-order valence-electron chi connectivity index (χ4n) is 2.65. The summed E-state index contributed by atoms with van der Waals surface area (Å²) in [5.41, 5.74) is 1.92. The molecule has 0 aliphatic heterocycles. The van der Waals surface area contributed by atoms with Gasteiger partial charge in [0.2, 0.25) is 0 Å². The number of aromatic nitrogens is 1. The van der Waals surface area contributed by atoms with Gasteiger partial charge < -0.3 is 14.2 Å². The van der Waals surface area contributed by atoms with Crippen molar-refractivity contribution in [3.8, 4) is 17.2 Å². The summed E-state index contributed by atoms with van der Waals surface area (Å²) in [5, 5.41) is 0.791. The van der Waals surface area contributed by atoms with Gasteiger partial charge >= 0.3 is 5.97 Å². The number of ether oxygens (including phenoxy) is 3.